The first-order valence-corrected chi connectivity index (χ1v) is 6.96. The number of sulfonamides is 1. The van der Waals surface area contributed by atoms with Crippen LogP contribution in [0.2, 0.25) is 0 Å². The third-order valence-electron chi connectivity index (χ3n) is 2.42. The second-order valence-electron chi connectivity index (χ2n) is 3.88. The molecule has 20 heavy (non-hydrogen) atoms. The number of benzene rings is 1. The molecule has 0 radical (unpaired) electrons. The molecule has 0 fully saturated rings. The predicted molar refractivity (Wildman–Crippen MR) is 70.0 cm³/mol. The highest BCUT2D eigenvalue weighted by Gasteiger charge is 2.17. The number of aromatic nitrogens is 1. The Hall–Kier alpha value is -2.32. The standard InChI is InChI=1S/C12H10FN3O3S/c13-9-3-4-11(20(14,18)19)10(6-9)16-12(17)8-2-1-5-15-7-8/h1-7H,(H,16,17)(H2,14,18,19). The van der Waals surface area contributed by atoms with Crippen molar-refractivity contribution in [1.29, 1.82) is 0 Å². The number of hydrogen-bond acceptors (Lipinski definition) is 4. The average Bonchev–Trinajstić information content (AvgIpc) is 2.38. The third-order valence-corrected chi connectivity index (χ3v) is 3.39. The zero-order chi connectivity index (χ0) is 14.8. The average molecular weight is 295 g/mol. The van der Waals surface area contributed by atoms with Gasteiger partial charge in [0, 0.05) is 12.4 Å². The van der Waals surface area contributed by atoms with E-state index < -0.39 is 21.7 Å². The largest absolute Gasteiger partial charge is 0.321 e. The molecule has 0 spiro atoms. The maximum absolute atomic E-state index is 13.2. The molecule has 0 aliphatic heterocycles. The Bertz CT molecular complexity index is 748. The first-order valence-electron chi connectivity index (χ1n) is 5.41. The number of anilines is 1. The summed E-state index contributed by atoms with van der Waals surface area (Å²) in [6.45, 7) is 0. The van der Waals surface area contributed by atoms with E-state index in [4.69, 9.17) is 5.14 Å². The third kappa shape index (κ3) is 3.16. The van der Waals surface area contributed by atoms with Gasteiger partial charge in [-0.3, -0.25) is 9.78 Å². The van der Waals surface area contributed by atoms with Gasteiger partial charge in [0.2, 0.25) is 10.0 Å². The number of hydrogen-bond donors (Lipinski definition) is 2. The summed E-state index contributed by atoms with van der Waals surface area (Å²) >= 11 is 0. The van der Waals surface area contributed by atoms with E-state index in [9.17, 15) is 17.6 Å². The molecule has 0 atom stereocenters. The lowest BCUT2D eigenvalue weighted by Gasteiger charge is -2.09. The molecule has 8 heteroatoms. The van der Waals surface area contributed by atoms with Crippen LogP contribution in [0.5, 0.6) is 0 Å². The Balaban J connectivity index is 2.39. The molecule has 0 aliphatic carbocycles. The van der Waals surface area contributed by atoms with Gasteiger partial charge in [-0.25, -0.2) is 17.9 Å². The van der Waals surface area contributed by atoms with Crippen LogP contribution in [0.15, 0.2) is 47.6 Å². The molecule has 1 heterocycles. The molecular weight excluding hydrogens is 285 g/mol. The van der Waals surface area contributed by atoms with Crippen molar-refractivity contribution in [1.82, 2.24) is 4.98 Å². The Kier molecular flexibility index (Phi) is 3.77. The monoisotopic (exact) mass is 295 g/mol. The van der Waals surface area contributed by atoms with E-state index in [1.807, 2.05) is 0 Å². The number of nitrogens with one attached hydrogen (secondary N) is 1. The summed E-state index contributed by atoms with van der Waals surface area (Å²) in [6.07, 6.45) is 2.78. The van der Waals surface area contributed by atoms with E-state index in [2.05, 4.69) is 10.3 Å². The van der Waals surface area contributed by atoms with Gasteiger partial charge in [-0.05, 0) is 30.3 Å². The molecule has 0 unspecified atom stereocenters. The maximum atomic E-state index is 13.2. The van der Waals surface area contributed by atoms with Crippen molar-refractivity contribution in [2.45, 2.75) is 4.90 Å². The number of primary sulfonamides is 1. The molecular formula is C12H10FN3O3S. The van der Waals surface area contributed by atoms with Crippen molar-refractivity contribution in [3.05, 3.63) is 54.1 Å². The Morgan fingerprint density at radius 1 is 1.30 bits per heavy atom. The molecule has 0 saturated heterocycles. The second-order valence-corrected chi connectivity index (χ2v) is 5.41. The Labute approximate surface area is 114 Å². The van der Waals surface area contributed by atoms with Crippen LogP contribution in [0.1, 0.15) is 10.4 Å². The van der Waals surface area contributed by atoms with E-state index in [1.54, 1.807) is 6.07 Å². The van der Waals surface area contributed by atoms with Crippen LogP contribution in [0.4, 0.5) is 10.1 Å². The molecule has 3 N–H and O–H groups in total. The highest BCUT2D eigenvalue weighted by atomic mass is 32.2. The number of carbonyl (C=O) groups is 1. The van der Waals surface area contributed by atoms with E-state index in [0.29, 0.717) is 0 Å². The summed E-state index contributed by atoms with van der Waals surface area (Å²) in [4.78, 5) is 15.3. The lowest BCUT2D eigenvalue weighted by Crippen LogP contribution is -2.18. The zero-order valence-corrected chi connectivity index (χ0v) is 10.9. The lowest BCUT2D eigenvalue weighted by atomic mass is 10.2. The number of rotatable bonds is 3. The summed E-state index contributed by atoms with van der Waals surface area (Å²) < 4.78 is 35.9. The van der Waals surface area contributed by atoms with Gasteiger partial charge in [0.25, 0.3) is 5.91 Å². The molecule has 0 bridgehead atoms. The molecule has 0 saturated carbocycles. The number of amides is 1. The van der Waals surface area contributed by atoms with Crippen LogP contribution in [-0.2, 0) is 10.0 Å². The quantitative estimate of drug-likeness (QED) is 0.885. The van der Waals surface area contributed by atoms with Gasteiger partial charge in [-0.2, -0.15) is 0 Å². The number of carbonyl (C=O) groups excluding carboxylic acids is 1. The van der Waals surface area contributed by atoms with Gasteiger partial charge in [0.05, 0.1) is 11.3 Å². The molecule has 6 nitrogen and oxygen atoms in total. The molecule has 2 aromatic rings. The van der Waals surface area contributed by atoms with E-state index in [-0.39, 0.29) is 16.1 Å². The summed E-state index contributed by atoms with van der Waals surface area (Å²) in [5.74, 6) is -1.31. The topological polar surface area (TPSA) is 102 Å². The van der Waals surface area contributed by atoms with Gasteiger partial charge in [0.1, 0.15) is 10.7 Å². The van der Waals surface area contributed by atoms with Crippen LogP contribution in [0.3, 0.4) is 0 Å². The minimum Gasteiger partial charge on any atom is -0.321 e. The maximum Gasteiger partial charge on any atom is 0.257 e. The fraction of sp³-hybridized carbons (Fsp3) is 0. The highest BCUT2D eigenvalue weighted by molar-refractivity contribution is 7.89. The van der Waals surface area contributed by atoms with Crippen molar-refractivity contribution in [3.8, 4) is 0 Å². The van der Waals surface area contributed by atoms with E-state index >= 15 is 0 Å². The fourth-order valence-corrected chi connectivity index (χ4v) is 2.21. The normalized spacial score (nSPS) is 11.1. The predicted octanol–water partition coefficient (Wildman–Crippen LogP) is 1.12. The molecule has 0 aliphatic rings. The van der Waals surface area contributed by atoms with Gasteiger partial charge in [-0.1, -0.05) is 0 Å². The van der Waals surface area contributed by atoms with Gasteiger partial charge < -0.3 is 5.32 Å². The van der Waals surface area contributed by atoms with Crippen molar-refractivity contribution in [2.75, 3.05) is 5.32 Å². The van der Waals surface area contributed by atoms with Crippen LogP contribution in [0.25, 0.3) is 0 Å². The minimum absolute atomic E-state index is 0.206. The summed E-state index contributed by atoms with van der Waals surface area (Å²) in [6, 6.07) is 5.84. The lowest BCUT2D eigenvalue weighted by molar-refractivity contribution is 0.102. The van der Waals surface area contributed by atoms with Crippen molar-refractivity contribution in [2.24, 2.45) is 5.14 Å². The molecule has 1 aromatic heterocycles. The first-order chi connectivity index (χ1) is 9.38. The first kappa shape index (κ1) is 14.1. The second kappa shape index (κ2) is 5.35. The zero-order valence-electron chi connectivity index (χ0n) is 10.1. The van der Waals surface area contributed by atoms with Crippen LogP contribution < -0.4 is 10.5 Å². The molecule has 1 aromatic carbocycles. The summed E-state index contributed by atoms with van der Waals surface area (Å²) in [7, 11) is -4.08. The number of nitrogens with zero attached hydrogens (tertiary/aromatic N) is 1. The van der Waals surface area contributed by atoms with Crippen molar-refractivity contribution in [3.63, 3.8) is 0 Å². The fourth-order valence-electron chi connectivity index (χ4n) is 1.54. The molecule has 104 valence electrons. The van der Waals surface area contributed by atoms with Crippen LogP contribution in [-0.4, -0.2) is 19.3 Å². The van der Waals surface area contributed by atoms with Crippen LogP contribution >= 0.6 is 0 Å². The Morgan fingerprint density at radius 3 is 2.65 bits per heavy atom. The molecule has 1 amide bonds. The molecule has 2 rings (SSSR count). The summed E-state index contributed by atoms with van der Waals surface area (Å²) in [5, 5.41) is 7.30. The number of halogens is 1. The van der Waals surface area contributed by atoms with Crippen LogP contribution in [0, 0.1) is 5.82 Å². The van der Waals surface area contributed by atoms with E-state index in [1.165, 1.54) is 18.5 Å². The van der Waals surface area contributed by atoms with Gasteiger partial charge >= 0.3 is 0 Å². The van der Waals surface area contributed by atoms with Gasteiger partial charge in [-0.15, -0.1) is 0 Å². The number of pyridine rings is 1. The van der Waals surface area contributed by atoms with Gasteiger partial charge in [0.15, 0.2) is 0 Å². The SMILES string of the molecule is NS(=O)(=O)c1ccc(F)cc1NC(=O)c1cccnc1. The highest BCUT2D eigenvalue weighted by Crippen LogP contribution is 2.21. The van der Waals surface area contributed by atoms with E-state index in [0.717, 1.165) is 18.2 Å². The summed E-state index contributed by atoms with van der Waals surface area (Å²) in [5.41, 5.74) is -0.0153. The van der Waals surface area contributed by atoms with Crippen molar-refractivity contribution >= 4 is 21.6 Å². The smallest absolute Gasteiger partial charge is 0.257 e. The van der Waals surface area contributed by atoms with Crippen molar-refractivity contribution < 1.29 is 17.6 Å². The Morgan fingerprint density at radius 2 is 2.05 bits per heavy atom. The minimum atomic E-state index is -4.08. The number of nitrogens with two attached hydrogens (primary N) is 1.